The van der Waals surface area contributed by atoms with E-state index in [1.807, 2.05) is 31.2 Å². The van der Waals surface area contributed by atoms with Gasteiger partial charge in [0.2, 0.25) is 0 Å². The maximum absolute atomic E-state index is 11.1. The second kappa shape index (κ2) is 5.04. The van der Waals surface area contributed by atoms with E-state index in [9.17, 15) is 4.79 Å². The Morgan fingerprint density at radius 3 is 2.78 bits per heavy atom. The number of aryl methyl sites for hydroxylation is 1. The van der Waals surface area contributed by atoms with E-state index in [1.165, 1.54) is 0 Å². The SMILES string of the molecule is COc1ccccc1-c1nc(CC(C)=O)[nH]c1C. The lowest BCUT2D eigenvalue weighted by atomic mass is 10.1. The number of carbonyl (C=O) groups excluding carboxylic acids is 1. The number of rotatable bonds is 4. The predicted molar refractivity (Wildman–Crippen MR) is 69.7 cm³/mol. The van der Waals surface area contributed by atoms with Crippen LogP contribution in [0.1, 0.15) is 18.4 Å². The number of aromatic amines is 1. The Kier molecular flexibility index (Phi) is 3.46. The van der Waals surface area contributed by atoms with Crippen molar-refractivity contribution in [3.05, 3.63) is 35.8 Å². The first kappa shape index (κ1) is 12.4. The van der Waals surface area contributed by atoms with E-state index < -0.39 is 0 Å². The minimum atomic E-state index is 0.0929. The highest BCUT2D eigenvalue weighted by molar-refractivity contribution is 5.78. The van der Waals surface area contributed by atoms with Crippen LogP contribution in [0.3, 0.4) is 0 Å². The fraction of sp³-hybridized carbons (Fsp3) is 0.286. The summed E-state index contributed by atoms with van der Waals surface area (Å²) in [5.74, 6) is 1.57. The van der Waals surface area contributed by atoms with Crippen molar-refractivity contribution in [3.63, 3.8) is 0 Å². The third-order valence-corrected chi connectivity index (χ3v) is 2.71. The summed E-state index contributed by atoms with van der Waals surface area (Å²) in [5, 5.41) is 0. The van der Waals surface area contributed by atoms with Crippen LogP contribution in [0.2, 0.25) is 0 Å². The van der Waals surface area contributed by atoms with Gasteiger partial charge in [0, 0.05) is 11.3 Å². The topological polar surface area (TPSA) is 55.0 Å². The molecule has 0 amide bonds. The zero-order chi connectivity index (χ0) is 13.1. The summed E-state index contributed by atoms with van der Waals surface area (Å²) in [6, 6.07) is 7.71. The number of hydrogen-bond donors (Lipinski definition) is 1. The molecule has 1 aromatic heterocycles. The van der Waals surface area contributed by atoms with Crippen molar-refractivity contribution >= 4 is 5.78 Å². The molecule has 18 heavy (non-hydrogen) atoms. The molecule has 0 fully saturated rings. The van der Waals surface area contributed by atoms with Gasteiger partial charge in [0.1, 0.15) is 17.4 Å². The van der Waals surface area contributed by atoms with E-state index in [0.29, 0.717) is 12.2 Å². The number of carbonyl (C=O) groups is 1. The van der Waals surface area contributed by atoms with Gasteiger partial charge in [0.25, 0.3) is 0 Å². The summed E-state index contributed by atoms with van der Waals surface area (Å²) in [7, 11) is 1.64. The van der Waals surface area contributed by atoms with Crippen LogP contribution in [-0.4, -0.2) is 22.9 Å². The molecule has 0 spiro atoms. The van der Waals surface area contributed by atoms with Crippen LogP contribution in [0.15, 0.2) is 24.3 Å². The number of Topliss-reactive ketones (excluding diaryl/α,β-unsaturated/α-hetero) is 1. The van der Waals surface area contributed by atoms with Crippen LogP contribution in [0.5, 0.6) is 5.75 Å². The number of para-hydroxylation sites is 1. The van der Waals surface area contributed by atoms with E-state index in [-0.39, 0.29) is 5.78 Å². The summed E-state index contributed by atoms with van der Waals surface area (Å²) in [5.41, 5.74) is 2.71. The first-order valence-electron chi connectivity index (χ1n) is 5.80. The van der Waals surface area contributed by atoms with E-state index in [1.54, 1.807) is 14.0 Å². The Bertz CT molecular complexity index is 573. The molecule has 0 radical (unpaired) electrons. The largest absolute Gasteiger partial charge is 0.496 e. The van der Waals surface area contributed by atoms with Crippen LogP contribution >= 0.6 is 0 Å². The quantitative estimate of drug-likeness (QED) is 0.899. The van der Waals surface area contributed by atoms with E-state index in [0.717, 1.165) is 22.7 Å². The molecule has 0 unspecified atom stereocenters. The molecule has 2 aromatic rings. The van der Waals surface area contributed by atoms with Crippen molar-refractivity contribution in [2.24, 2.45) is 0 Å². The number of aromatic nitrogens is 2. The van der Waals surface area contributed by atoms with Gasteiger partial charge in [-0.3, -0.25) is 4.79 Å². The maximum Gasteiger partial charge on any atom is 0.137 e. The van der Waals surface area contributed by atoms with Crippen molar-refractivity contribution in [1.82, 2.24) is 9.97 Å². The first-order valence-corrected chi connectivity index (χ1v) is 5.80. The van der Waals surface area contributed by atoms with Gasteiger partial charge in [-0.25, -0.2) is 4.98 Å². The van der Waals surface area contributed by atoms with Gasteiger partial charge in [0.15, 0.2) is 0 Å². The maximum atomic E-state index is 11.1. The highest BCUT2D eigenvalue weighted by Crippen LogP contribution is 2.30. The minimum absolute atomic E-state index is 0.0929. The molecule has 94 valence electrons. The van der Waals surface area contributed by atoms with Gasteiger partial charge in [0.05, 0.1) is 19.2 Å². The van der Waals surface area contributed by atoms with Gasteiger partial charge >= 0.3 is 0 Å². The van der Waals surface area contributed by atoms with Crippen molar-refractivity contribution in [2.75, 3.05) is 7.11 Å². The van der Waals surface area contributed by atoms with Crippen LogP contribution in [0.25, 0.3) is 11.3 Å². The van der Waals surface area contributed by atoms with Crippen LogP contribution in [-0.2, 0) is 11.2 Å². The number of benzene rings is 1. The number of nitrogens with one attached hydrogen (secondary N) is 1. The Balaban J connectivity index is 2.44. The Morgan fingerprint density at radius 2 is 2.11 bits per heavy atom. The average Bonchev–Trinajstić information content (AvgIpc) is 2.69. The highest BCUT2D eigenvalue weighted by Gasteiger charge is 2.13. The van der Waals surface area contributed by atoms with Gasteiger partial charge in [-0.2, -0.15) is 0 Å². The highest BCUT2D eigenvalue weighted by atomic mass is 16.5. The Morgan fingerprint density at radius 1 is 1.39 bits per heavy atom. The number of ether oxygens (including phenoxy) is 1. The molecule has 0 saturated carbocycles. The second-order valence-electron chi connectivity index (χ2n) is 4.24. The van der Waals surface area contributed by atoms with Crippen LogP contribution < -0.4 is 4.74 Å². The zero-order valence-corrected chi connectivity index (χ0v) is 10.8. The molecule has 0 saturated heterocycles. The van der Waals surface area contributed by atoms with Crippen LogP contribution in [0, 0.1) is 6.92 Å². The molecule has 0 atom stereocenters. The van der Waals surface area contributed by atoms with Crippen molar-refractivity contribution in [2.45, 2.75) is 20.3 Å². The van der Waals surface area contributed by atoms with E-state index in [4.69, 9.17) is 4.74 Å². The molecule has 0 aliphatic carbocycles. The van der Waals surface area contributed by atoms with Crippen molar-refractivity contribution < 1.29 is 9.53 Å². The number of hydrogen-bond acceptors (Lipinski definition) is 3. The molecule has 4 heteroatoms. The second-order valence-corrected chi connectivity index (χ2v) is 4.24. The lowest BCUT2D eigenvalue weighted by Crippen LogP contribution is -1.98. The summed E-state index contributed by atoms with van der Waals surface area (Å²) < 4.78 is 5.32. The fourth-order valence-electron chi connectivity index (χ4n) is 1.94. The molecular weight excluding hydrogens is 228 g/mol. The molecule has 1 aromatic carbocycles. The van der Waals surface area contributed by atoms with Gasteiger partial charge in [-0.1, -0.05) is 12.1 Å². The third-order valence-electron chi connectivity index (χ3n) is 2.71. The lowest BCUT2D eigenvalue weighted by Gasteiger charge is -2.06. The number of H-pyrrole nitrogens is 1. The summed E-state index contributed by atoms with van der Waals surface area (Å²) >= 11 is 0. The fourth-order valence-corrected chi connectivity index (χ4v) is 1.94. The van der Waals surface area contributed by atoms with Crippen molar-refractivity contribution in [3.8, 4) is 17.0 Å². The average molecular weight is 244 g/mol. The lowest BCUT2D eigenvalue weighted by molar-refractivity contribution is -0.116. The summed E-state index contributed by atoms with van der Waals surface area (Å²) in [4.78, 5) is 18.7. The predicted octanol–water partition coefficient (Wildman–Crippen LogP) is 2.53. The zero-order valence-electron chi connectivity index (χ0n) is 10.8. The normalized spacial score (nSPS) is 10.4. The molecule has 0 aliphatic rings. The van der Waals surface area contributed by atoms with Gasteiger partial charge < -0.3 is 9.72 Å². The Hall–Kier alpha value is -2.10. The number of nitrogens with zero attached hydrogens (tertiary/aromatic N) is 1. The number of ketones is 1. The molecule has 1 heterocycles. The molecule has 2 rings (SSSR count). The molecular formula is C14H16N2O2. The molecule has 0 aliphatic heterocycles. The smallest absolute Gasteiger partial charge is 0.137 e. The van der Waals surface area contributed by atoms with Gasteiger partial charge in [-0.15, -0.1) is 0 Å². The Labute approximate surface area is 106 Å². The first-order chi connectivity index (χ1) is 8.61. The summed E-state index contributed by atoms with van der Waals surface area (Å²) in [6.45, 7) is 3.50. The minimum Gasteiger partial charge on any atom is -0.496 e. The monoisotopic (exact) mass is 244 g/mol. The molecule has 4 nitrogen and oxygen atoms in total. The molecule has 1 N–H and O–H groups in total. The van der Waals surface area contributed by atoms with Crippen molar-refractivity contribution in [1.29, 1.82) is 0 Å². The summed E-state index contributed by atoms with van der Waals surface area (Å²) in [6.07, 6.45) is 0.329. The number of imidazole rings is 1. The van der Waals surface area contributed by atoms with E-state index >= 15 is 0 Å². The van der Waals surface area contributed by atoms with Crippen LogP contribution in [0.4, 0.5) is 0 Å². The van der Waals surface area contributed by atoms with E-state index in [2.05, 4.69) is 9.97 Å². The standard InChI is InChI=1S/C14H16N2O2/c1-9(17)8-13-15-10(2)14(16-13)11-6-4-5-7-12(11)18-3/h4-7H,8H2,1-3H3,(H,15,16). The molecule has 0 bridgehead atoms. The van der Waals surface area contributed by atoms with Gasteiger partial charge in [-0.05, 0) is 26.0 Å². The third kappa shape index (κ3) is 2.42. The number of methoxy groups -OCH3 is 1.